The molecule has 0 amide bonds. The number of hydrogen-bond acceptors (Lipinski definition) is 3. The number of rotatable bonds is 7. The topological polar surface area (TPSA) is 54.9 Å². The molecule has 0 spiro atoms. The van der Waals surface area contributed by atoms with Crippen molar-refractivity contribution in [1.82, 2.24) is 10.6 Å². The minimum atomic E-state index is 0. The van der Waals surface area contributed by atoms with Crippen molar-refractivity contribution < 1.29 is 9.47 Å². The summed E-state index contributed by atoms with van der Waals surface area (Å²) in [5, 5.41) is 6.53. The molecule has 0 aliphatic heterocycles. The molecule has 0 saturated carbocycles. The number of nitrogens with one attached hydrogen (secondary N) is 2. The molecular weight excluding hydrogens is 393 g/mol. The highest BCUT2D eigenvalue weighted by atomic mass is 127. The van der Waals surface area contributed by atoms with Crippen molar-refractivity contribution in [3.63, 3.8) is 0 Å². The number of guanidine groups is 1. The third kappa shape index (κ3) is 7.02. The molecule has 0 atom stereocenters. The summed E-state index contributed by atoms with van der Waals surface area (Å²) >= 11 is 0. The van der Waals surface area contributed by atoms with Gasteiger partial charge >= 0.3 is 0 Å². The van der Waals surface area contributed by atoms with Crippen molar-refractivity contribution in [1.29, 1.82) is 0 Å². The van der Waals surface area contributed by atoms with Gasteiger partial charge in [0.1, 0.15) is 11.5 Å². The van der Waals surface area contributed by atoms with Crippen LogP contribution in [0.4, 0.5) is 0 Å². The maximum absolute atomic E-state index is 5.38. The molecule has 1 aromatic rings. The van der Waals surface area contributed by atoms with Gasteiger partial charge in [0.05, 0.1) is 14.2 Å². The number of nitrogens with zero attached hydrogens (tertiary/aromatic N) is 1. The summed E-state index contributed by atoms with van der Waals surface area (Å²) in [6.45, 7) is 3.50. The molecule has 2 N–H and O–H groups in total. The number of ether oxygens (including phenoxy) is 2. The predicted octanol–water partition coefficient (Wildman–Crippen LogP) is 2.95. The Morgan fingerprint density at radius 3 is 2.59 bits per heavy atom. The second kappa shape index (κ2) is 12.1. The monoisotopic (exact) mass is 419 g/mol. The molecule has 6 heteroatoms. The summed E-state index contributed by atoms with van der Waals surface area (Å²) in [4.78, 5) is 4.19. The SMILES string of the molecule is CC=CCCNC(=NC)NCc1ccc(OC)cc1OC.I. The maximum Gasteiger partial charge on any atom is 0.191 e. The van der Waals surface area contributed by atoms with Crippen molar-refractivity contribution in [2.45, 2.75) is 19.9 Å². The first-order valence-corrected chi connectivity index (χ1v) is 7.01. The fourth-order valence-electron chi connectivity index (χ4n) is 1.84. The first kappa shape index (κ1) is 20.6. The number of allylic oxidation sites excluding steroid dienone is 1. The zero-order chi connectivity index (χ0) is 15.5. The van der Waals surface area contributed by atoms with Crippen molar-refractivity contribution >= 4 is 29.9 Å². The van der Waals surface area contributed by atoms with E-state index in [9.17, 15) is 0 Å². The van der Waals surface area contributed by atoms with Gasteiger partial charge in [-0.15, -0.1) is 24.0 Å². The smallest absolute Gasteiger partial charge is 0.191 e. The second-order valence-electron chi connectivity index (χ2n) is 4.39. The van der Waals surface area contributed by atoms with Crippen LogP contribution in [0.25, 0.3) is 0 Å². The molecule has 22 heavy (non-hydrogen) atoms. The number of methoxy groups -OCH3 is 2. The van der Waals surface area contributed by atoms with E-state index in [-0.39, 0.29) is 24.0 Å². The minimum absolute atomic E-state index is 0. The molecule has 0 saturated heterocycles. The third-order valence-corrected chi connectivity index (χ3v) is 3.00. The molecule has 0 aromatic heterocycles. The molecule has 0 aliphatic carbocycles. The largest absolute Gasteiger partial charge is 0.497 e. The average Bonchev–Trinajstić information content (AvgIpc) is 2.54. The molecule has 0 fully saturated rings. The molecule has 0 heterocycles. The van der Waals surface area contributed by atoms with Crippen LogP contribution >= 0.6 is 24.0 Å². The van der Waals surface area contributed by atoms with Gasteiger partial charge in [-0.2, -0.15) is 0 Å². The summed E-state index contributed by atoms with van der Waals surface area (Å²) in [5.41, 5.74) is 1.05. The highest BCUT2D eigenvalue weighted by Gasteiger charge is 2.05. The van der Waals surface area contributed by atoms with E-state index in [1.165, 1.54) is 0 Å². The first-order chi connectivity index (χ1) is 10.2. The van der Waals surface area contributed by atoms with Crippen LogP contribution in [0.2, 0.25) is 0 Å². The second-order valence-corrected chi connectivity index (χ2v) is 4.39. The van der Waals surface area contributed by atoms with Gasteiger partial charge in [0.2, 0.25) is 0 Å². The Morgan fingerprint density at radius 1 is 1.23 bits per heavy atom. The van der Waals surface area contributed by atoms with E-state index in [2.05, 4.69) is 21.7 Å². The van der Waals surface area contributed by atoms with Gasteiger partial charge in [-0.1, -0.05) is 12.2 Å². The Morgan fingerprint density at radius 2 is 2.00 bits per heavy atom. The van der Waals surface area contributed by atoms with Gasteiger partial charge in [0, 0.05) is 31.8 Å². The number of hydrogen-bond donors (Lipinski definition) is 2. The van der Waals surface area contributed by atoms with Crippen molar-refractivity contribution in [3.05, 3.63) is 35.9 Å². The first-order valence-electron chi connectivity index (χ1n) is 7.01. The van der Waals surface area contributed by atoms with Crippen LogP contribution in [-0.4, -0.2) is 33.8 Å². The van der Waals surface area contributed by atoms with Gasteiger partial charge < -0.3 is 20.1 Å². The maximum atomic E-state index is 5.38. The molecule has 0 aliphatic rings. The van der Waals surface area contributed by atoms with E-state index in [0.717, 1.165) is 36.0 Å². The Labute approximate surface area is 150 Å². The predicted molar refractivity (Wildman–Crippen MR) is 103 cm³/mol. The van der Waals surface area contributed by atoms with Crippen molar-refractivity contribution in [2.24, 2.45) is 4.99 Å². The van der Waals surface area contributed by atoms with Crippen LogP contribution < -0.4 is 20.1 Å². The highest BCUT2D eigenvalue weighted by Crippen LogP contribution is 2.24. The zero-order valence-corrected chi connectivity index (χ0v) is 16.0. The van der Waals surface area contributed by atoms with Crippen LogP contribution in [0.15, 0.2) is 35.3 Å². The molecule has 0 unspecified atom stereocenters. The fourth-order valence-corrected chi connectivity index (χ4v) is 1.84. The Bertz CT molecular complexity index is 490. The Hall–Kier alpha value is -1.44. The normalized spacial score (nSPS) is 11.0. The molecule has 124 valence electrons. The van der Waals surface area contributed by atoms with Crippen LogP contribution in [-0.2, 0) is 6.54 Å². The van der Waals surface area contributed by atoms with E-state index in [4.69, 9.17) is 9.47 Å². The Kier molecular flexibility index (Phi) is 11.3. The molecular formula is C16H26IN3O2. The summed E-state index contributed by atoms with van der Waals surface area (Å²) in [5.74, 6) is 2.35. The lowest BCUT2D eigenvalue weighted by Crippen LogP contribution is -2.37. The molecule has 0 radical (unpaired) electrons. The van der Waals surface area contributed by atoms with Crippen LogP contribution in [0.5, 0.6) is 11.5 Å². The van der Waals surface area contributed by atoms with Crippen molar-refractivity contribution in [2.75, 3.05) is 27.8 Å². The van der Waals surface area contributed by atoms with Gasteiger partial charge in [-0.05, 0) is 25.5 Å². The summed E-state index contributed by atoms with van der Waals surface area (Å²) < 4.78 is 10.6. The van der Waals surface area contributed by atoms with Gasteiger partial charge in [-0.3, -0.25) is 4.99 Å². The highest BCUT2D eigenvalue weighted by molar-refractivity contribution is 14.0. The number of halogens is 1. The molecule has 1 aromatic carbocycles. The van der Waals surface area contributed by atoms with E-state index in [1.54, 1.807) is 21.3 Å². The van der Waals surface area contributed by atoms with Crippen LogP contribution in [0, 0.1) is 0 Å². The van der Waals surface area contributed by atoms with Crippen LogP contribution in [0.1, 0.15) is 18.9 Å². The lowest BCUT2D eigenvalue weighted by atomic mass is 10.2. The van der Waals surface area contributed by atoms with E-state index in [1.807, 2.05) is 31.2 Å². The summed E-state index contributed by atoms with van der Waals surface area (Å²) in [7, 11) is 5.06. The van der Waals surface area contributed by atoms with Crippen LogP contribution in [0.3, 0.4) is 0 Å². The summed E-state index contributed by atoms with van der Waals surface area (Å²) in [6.07, 6.45) is 5.13. The molecule has 1 rings (SSSR count). The van der Waals surface area contributed by atoms with Gasteiger partial charge in [0.25, 0.3) is 0 Å². The minimum Gasteiger partial charge on any atom is -0.497 e. The van der Waals surface area contributed by atoms with Crippen molar-refractivity contribution in [3.8, 4) is 11.5 Å². The lowest BCUT2D eigenvalue weighted by molar-refractivity contribution is 0.390. The van der Waals surface area contributed by atoms with E-state index < -0.39 is 0 Å². The Balaban J connectivity index is 0.00000441. The third-order valence-electron chi connectivity index (χ3n) is 3.00. The van der Waals surface area contributed by atoms with Gasteiger partial charge in [-0.25, -0.2) is 0 Å². The van der Waals surface area contributed by atoms with E-state index >= 15 is 0 Å². The average molecular weight is 419 g/mol. The fraction of sp³-hybridized carbons (Fsp3) is 0.438. The number of benzene rings is 1. The molecule has 0 bridgehead atoms. The standard InChI is InChI=1S/C16H25N3O2.HI/c1-5-6-7-10-18-16(17-2)19-12-13-8-9-14(20-3)11-15(13)21-4;/h5-6,8-9,11H,7,10,12H2,1-4H3,(H2,17,18,19);1H. The zero-order valence-electron chi connectivity index (χ0n) is 13.7. The quantitative estimate of drug-likeness (QED) is 0.235. The van der Waals surface area contributed by atoms with Gasteiger partial charge in [0.15, 0.2) is 5.96 Å². The number of aliphatic imine (C=N–C) groups is 1. The summed E-state index contributed by atoms with van der Waals surface area (Å²) in [6, 6.07) is 5.78. The van der Waals surface area contributed by atoms with E-state index in [0.29, 0.717) is 6.54 Å². The lowest BCUT2D eigenvalue weighted by Gasteiger charge is -2.14. The molecule has 5 nitrogen and oxygen atoms in total.